The van der Waals surface area contributed by atoms with Gasteiger partial charge in [-0.1, -0.05) is 45.5 Å². The summed E-state index contributed by atoms with van der Waals surface area (Å²) < 4.78 is 15.9. The summed E-state index contributed by atoms with van der Waals surface area (Å²) in [6, 6.07) is 10.2. The lowest BCUT2D eigenvalue weighted by Gasteiger charge is -2.30. The number of fused-ring (bicyclic) bond motifs is 2. The van der Waals surface area contributed by atoms with Crippen LogP contribution in [0.4, 0.5) is 9.59 Å². The Morgan fingerprint density at radius 2 is 1.23 bits per heavy atom. The lowest BCUT2D eigenvalue weighted by atomic mass is 10.0. The van der Waals surface area contributed by atoms with E-state index in [-0.39, 0.29) is 35.7 Å². The number of carbonyl (C=O) groups excluding carboxylic acids is 4. The minimum atomic E-state index is -0.703. The molecule has 0 spiro atoms. The van der Waals surface area contributed by atoms with E-state index < -0.39 is 24.3 Å². The first-order valence-electron chi connectivity index (χ1n) is 19.0. The Kier molecular flexibility index (Phi) is 11.3. The highest BCUT2D eigenvalue weighted by Gasteiger charge is 2.39. The molecule has 4 amide bonds. The van der Waals surface area contributed by atoms with Gasteiger partial charge in [0.15, 0.2) is 0 Å². The van der Waals surface area contributed by atoms with E-state index in [1.807, 2.05) is 58.0 Å². The van der Waals surface area contributed by atoms with Crippen molar-refractivity contribution in [3.63, 3.8) is 0 Å². The smallest absolute Gasteiger partial charge is 0.407 e. The van der Waals surface area contributed by atoms with Crippen molar-refractivity contribution < 1.29 is 33.4 Å². The van der Waals surface area contributed by atoms with Gasteiger partial charge in [0.25, 0.3) is 0 Å². The Bertz CT molecular complexity index is 1970. The second kappa shape index (κ2) is 16.3. The van der Waals surface area contributed by atoms with E-state index in [0.29, 0.717) is 24.7 Å². The normalized spacial score (nSPS) is 18.6. The first kappa shape index (κ1) is 38.8. The summed E-state index contributed by atoms with van der Waals surface area (Å²) in [5.41, 5.74) is 3.47. The van der Waals surface area contributed by atoms with Crippen LogP contribution in [0.2, 0.25) is 0 Å². The Morgan fingerprint density at radius 1 is 0.732 bits per heavy atom. The average Bonchev–Trinajstić information content (AvgIpc) is 4.03. The van der Waals surface area contributed by atoms with E-state index in [1.54, 1.807) is 34.0 Å². The minimum Gasteiger partial charge on any atom is -0.455 e. The maximum absolute atomic E-state index is 13.6. The van der Waals surface area contributed by atoms with Crippen molar-refractivity contribution in [3.8, 4) is 34.0 Å². The quantitative estimate of drug-likeness (QED) is 0.117. The van der Waals surface area contributed by atoms with E-state index in [4.69, 9.17) is 19.2 Å². The summed E-state index contributed by atoms with van der Waals surface area (Å²) in [7, 11) is 2.57. The largest absolute Gasteiger partial charge is 0.455 e. The number of H-pyrrole nitrogens is 2. The molecule has 3 aliphatic rings. The fourth-order valence-electron chi connectivity index (χ4n) is 7.61. The van der Waals surface area contributed by atoms with E-state index in [0.717, 1.165) is 69.5 Å². The van der Waals surface area contributed by atoms with Crippen LogP contribution >= 0.6 is 11.8 Å². The molecule has 56 heavy (non-hydrogen) atoms. The van der Waals surface area contributed by atoms with Gasteiger partial charge in [-0.2, -0.15) is 0 Å². The highest BCUT2D eigenvalue weighted by molar-refractivity contribution is 7.99. The van der Waals surface area contributed by atoms with E-state index >= 15 is 0 Å². The zero-order chi connectivity index (χ0) is 39.7. The molecular weight excluding hydrogens is 737 g/mol. The molecule has 4 aromatic rings. The molecule has 2 aromatic carbocycles. The predicted molar refractivity (Wildman–Crippen MR) is 208 cm³/mol. The fraction of sp³-hybridized carbons (Fsp3) is 0.450. The van der Waals surface area contributed by atoms with Gasteiger partial charge in [0.2, 0.25) is 11.8 Å². The van der Waals surface area contributed by atoms with Crippen molar-refractivity contribution in [2.45, 2.75) is 87.3 Å². The van der Waals surface area contributed by atoms with Crippen LogP contribution in [0.15, 0.2) is 58.6 Å². The highest BCUT2D eigenvalue weighted by atomic mass is 32.2. The van der Waals surface area contributed by atoms with Gasteiger partial charge in [0.1, 0.15) is 35.2 Å². The molecule has 2 fully saturated rings. The zero-order valence-corrected chi connectivity index (χ0v) is 33.2. The summed E-state index contributed by atoms with van der Waals surface area (Å²) in [6.45, 7) is 8.74. The maximum Gasteiger partial charge on any atom is 0.407 e. The van der Waals surface area contributed by atoms with Gasteiger partial charge in [-0.15, -0.1) is 0 Å². The van der Waals surface area contributed by atoms with Crippen LogP contribution in [0.5, 0.6) is 11.5 Å². The minimum absolute atomic E-state index is 0.116. The third-order valence-electron chi connectivity index (χ3n) is 10.6. The molecule has 2 aromatic heterocycles. The molecule has 16 heteroatoms. The molecule has 15 nitrogen and oxygen atoms in total. The molecule has 3 aliphatic heterocycles. The van der Waals surface area contributed by atoms with Crippen molar-refractivity contribution in [1.29, 1.82) is 0 Å². The summed E-state index contributed by atoms with van der Waals surface area (Å²) in [4.78, 5) is 72.9. The highest BCUT2D eigenvalue weighted by Crippen LogP contribution is 2.49. The molecule has 5 heterocycles. The lowest BCUT2D eigenvalue weighted by Crippen LogP contribution is -2.51. The molecule has 7 rings (SSSR count). The van der Waals surface area contributed by atoms with E-state index in [2.05, 4.69) is 31.7 Å². The first-order chi connectivity index (χ1) is 26.9. The number of nitrogens with one attached hydrogen (secondary N) is 4. The SMILES string of the molecule is COC(=O)N[C@H](C(=O)N1CCC[C@H]1c1ncc(-c2ccc3c(c2)Oc2ccc(-c4cnc([C@@H]5CCCN5C(=O)[C@@H](NC(=O)OC)C(C)C)[nH]4)cc2S3)[nH]1)C(C)C. The number of amides is 4. The number of aromatic nitrogens is 4. The monoisotopic (exact) mass is 784 g/mol. The topological polar surface area (TPSA) is 184 Å². The molecule has 296 valence electrons. The van der Waals surface area contributed by atoms with E-state index in [1.165, 1.54) is 14.2 Å². The summed E-state index contributed by atoms with van der Waals surface area (Å²) in [5.74, 6) is 2.32. The Labute approximate surface area is 329 Å². The van der Waals surface area contributed by atoms with Crippen LogP contribution in [0.1, 0.15) is 77.1 Å². The van der Waals surface area contributed by atoms with Crippen LogP contribution in [0, 0.1) is 11.8 Å². The van der Waals surface area contributed by atoms with Gasteiger partial charge >= 0.3 is 12.2 Å². The van der Waals surface area contributed by atoms with E-state index in [9.17, 15) is 19.2 Å². The Hall–Kier alpha value is -5.51. The lowest BCUT2D eigenvalue weighted by molar-refractivity contribution is -0.136. The molecule has 4 atom stereocenters. The number of benzene rings is 2. The van der Waals surface area contributed by atoms with Crippen LogP contribution < -0.4 is 15.4 Å². The molecular formula is C40H48N8O7S. The zero-order valence-electron chi connectivity index (χ0n) is 32.4. The van der Waals surface area contributed by atoms with Gasteiger partial charge in [-0.25, -0.2) is 19.6 Å². The standard InChI is InChI=1S/C40H48N8O7S/c1-21(2)33(45-39(51)53-5)37(49)47-15-7-9-27(47)35-41-19-25(43-35)23-12-14-31-30(17-23)55-29-13-11-24(18-32(29)56-31)26-20-42-36(44-26)28-10-8-16-48(28)38(50)34(22(3)4)46-40(52)54-6/h11-14,17-22,27-28,33-34H,7-10,15-16H2,1-6H3,(H,41,43)(H,42,44)(H,45,51)(H,46,52)/t27-,28-,33-,34-/m0/s1. The number of alkyl carbamates (subject to hydrolysis) is 2. The number of carbonyl (C=O) groups is 4. The molecule has 0 radical (unpaired) electrons. The number of hydrogen-bond acceptors (Lipinski definition) is 10. The van der Waals surface area contributed by atoms with Crippen LogP contribution in [0.25, 0.3) is 22.5 Å². The molecule has 0 saturated carbocycles. The number of rotatable bonds is 10. The fourth-order valence-corrected chi connectivity index (χ4v) is 8.58. The molecule has 0 unspecified atom stereocenters. The van der Waals surface area contributed by atoms with Crippen LogP contribution in [-0.2, 0) is 19.1 Å². The van der Waals surface area contributed by atoms with Gasteiger partial charge in [0, 0.05) is 24.2 Å². The number of aromatic amines is 2. The van der Waals surface area contributed by atoms with Gasteiger partial charge < -0.3 is 44.6 Å². The summed E-state index contributed by atoms with van der Waals surface area (Å²) in [5, 5.41) is 5.39. The number of imidazole rings is 2. The van der Waals surface area contributed by atoms with Crippen LogP contribution in [-0.4, -0.2) is 93.1 Å². The summed E-state index contributed by atoms with van der Waals surface area (Å²) >= 11 is 1.62. The number of methoxy groups -OCH3 is 2. The van der Waals surface area contributed by atoms with Gasteiger partial charge in [-0.05, 0) is 67.9 Å². The molecule has 2 saturated heterocycles. The second-order valence-corrected chi connectivity index (χ2v) is 16.1. The predicted octanol–water partition coefficient (Wildman–Crippen LogP) is 6.81. The average molecular weight is 785 g/mol. The second-order valence-electron chi connectivity index (χ2n) is 15.0. The van der Waals surface area contributed by atoms with Crippen molar-refractivity contribution >= 4 is 35.8 Å². The van der Waals surface area contributed by atoms with Gasteiger partial charge in [-0.3, -0.25) is 9.59 Å². The molecule has 0 bridgehead atoms. The number of likely N-dealkylation sites (tertiary alicyclic amines) is 2. The molecule has 4 N–H and O–H groups in total. The maximum atomic E-state index is 13.6. The van der Waals surface area contributed by atoms with Crippen molar-refractivity contribution in [2.75, 3.05) is 27.3 Å². The number of hydrogen-bond donors (Lipinski definition) is 4. The number of ether oxygens (including phenoxy) is 3. The summed E-state index contributed by atoms with van der Waals surface area (Å²) in [6.07, 6.45) is 5.50. The third kappa shape index (κ3) is 7.79. The first-order valence-corrected chi connectivity index (χ1v) is 19.8. The third-order valence-corrected chi connectivity index (χ3v) is 11.7. The Morgan fingerprint density at radius 3 is 1.73 bits per heavy atom. The van der Waals surface area contributed by atoms with Crippen LogP contribution in [0.3, 0.4) is 0 Å². The van der Waals surface area contributed by atoms with Gasteiger partial charge in [0.05, 0.1) is 59.9 Å². The number of nitrogens with zero attached hydrogens (tertiary/aromatic N) is 4. The van der Waals surface area contributed by atoms with Crippen molar-refractivity contribution in [2.24, 2.45) is 11.8 Å². The van der Waals surface area contributed by atoms with Crippen molar-refractivity contribution in [3.05, 3.63) is 60.4 Å². The molecule has 0 aliphatic carbocycles. The Balaban J connectivity index is 1.03. The van der Waals surface area contributed by atoms with Crippen molar-refractivity contribution in [1.82, 2.24) is 40.4 Å².